The Morgan fingerprint density at radius 1 is 0.436 bits per heavy atom. The molecule has 0 atom stereocenters. The standard InChI is InChI=1S/6C3H4N2.2C2H4O2.Ni/c6*1-2-5-3-4-1;2*1-2(3)4;/h6*1,3H,2H2;2*1H3,(H,3,4);/q;;;;;;;;+2/p-2. The Kier molecular flexibility index (Phi) is 35.6. The molecule has 0 aromatic carbocycles. The molecule has 0 aromatic heterocycles. The van der Waals surface area contributed by atoms with Crippen molar-refractivity contribution in [3.8, 4) is 0 Å². The third-order valence-corrected chi connectivity index (χ3v) is 2.64. The van der Waals surface area contributed by atoms with Crippen LogP contribution >= 0.6 is 0 Å². The van der Waals surface area contributed by atoms with E-state index in [1.54, 1.807) is 75.3 Å². The summed E-state index contributed by atoms with van der Waals surface area (Å²) >= 11 is 0. The predicted molar refractivity (Wildman–Crippen MR) is 152 cm³/mol. The minimum absolute atomic E-state index is 0. The summed E-state index contributed by atoms with van der Waals surface area (Å²) in [6.07, 6.45) is 19.9. The Bertz CT molecular complexity index is 731. The monoisotopic (exact) mass is 584 g/mol. The molecule has 0 radical (unpaired) electrons. The van der Waals surface area contributed by atoms with E-state index in [4.69, 9.17) is 19.8 Å². The Hall–Kier alpha value is -4.53. The molecule has 0 N–H and O–H groups in total. The van der Waals surface area contributed by atoms with Crippen LogP contribution < -0.4 is 10.2 Å². The minimum atomic E-state index is -1.08. The summed E-state index contributed by atoms with van der Waals surface area (Å²) in [4.78, 5) is 62.2. The number of nitrogens with zero attached hydrogens (tertiary/aromatic N) is 12. The summed E-state index contributed by atoms with van der Waals surface area (Å²) in [5.41, 5.74) is 0. The molecule has 16 nitrogen and oxygen atoms in total. The maximum absolute atomic E-state index is 8.89. The number of rotatable bonds is 0. The molecule has 212 valence electrons. The number of aliphatic carboxylic acids is 2. The molecule has 6 aliphatic heterocycles. The van der Waals surface area contributed by atoms with Crippen molar-refractivity contribution in [2.24, 2.45) is 59.9 Å². The largest absolute Gasteiger partial charge is 2.00 e. The number of hydrogen-bond donors (Lipinski definition) is 0. The molecular weight excluding hydrogens is 555 g/mol. The molecule has 0 unspecified atom stereocenters. The van der Waals surface area contributed by atoms with Crippen molar-refractivity contribution in [2.45, 2.75) is 13.8 Å². The van der Waals surface area contributed by atoms with Gasteiger partial charge in [0.05, 0.1) is 39.3 Å². The SMILES string of the molecule is C1=NC=NC1.C1=NC=NC1.C1=NC=NC1.C1=NC=NC1.C1=NC=NC1.C1=NC=NC1.CC(=O)[O-].CC(=O)[O-].[Ni+2]. The Labute approximate surface area is 236 Å². The molecule has 0 saturated carbocycles. The van der Waals surface area contributed by atoms with Crippen molar-refractivity contribution in [2.75, 3.05) is 39.3 Å². The number of aliphatic imine (C=N–C) groups is 12. The second kappa shape index (κ2) is 35.6. The van der Waals surface area contributed by atoms with Gasteiger partial charge in [-0.1, -0.05) is 0 Å². The zero-order chi connectivity index (χ0) is 28.4. The smallest absolute Gasteiger partial charge is 0.550 e. The van der Waals surface area contributed by atoms with Gasteiger partial charge in [0.2, 0.25) is 0 Å². The fourth-order valence-electron chi connectivity index (χ4n) is 1.41. The van der Waals surface area contributed by atoms with Crippen molar-refractivity contribution in [1.82, 2.24) is 0 Å². The third kappa shape index (κ3) is 51.1. The van der Waals surface area contributed by atoms with E-state index in [0.29, 0.717) is 0 Å². The van der Waals surface area contributed by atoms with E-state index < -0.39 is 11.9 Å². The zero-order valence-electron chi connectivity index (χ0n) is 21.5. The second-order valence-corrected chi connectivity index (χ2v) is 5.86. The molecule has 0 aromatic rings. The van der Waals surface area contributed by atoms with E-state index in [2.05, 4.69) is 59.9 Å². The van der Waals surface area contributed by atoms with Gasteiger partial charge in [0.15, 0.2) is 0 Å². The Morgan fingerprint density at radius 3 is 0.590 bits per heavy atom. The first kappa shape index (κ1) is 39.0. The Morgan fingerprint density at radius 2 is 0.564 bits per heavy atom. The molecule has 6 aliphatic rings. The first-order valence-electron chi connectivity index (χ1n) is 10.8. The van der Waals surface area contributed by atoms with Crippen LogP contribution in [0.3, 0.4) is 0 Å². The molecule has 6 rings (SSSR count). The molecule has 0 saturated heterocycles. The van der Waals surface area contributed by atoms with Gasteiger partial charge in [0, 0.05) is 49.2 Å². The molecule has 6 heterocycles. The average molecular weight is 585 g/mol. The van der Waals surface area contributed by atoms with Crippen molar-refractivity contribution in [1.29, 1.82) is 0 Å². The molecule has 0 fully saturated rings. The molecule has 0 spiro atoms. The van der Waals surface area contributed by atoms with Gasteiger partial charge in [-0.25, -0.2) is 30.0 Å². The zero-order valence-corrected chi connectivity index (χ0v) is 22.5. The van der Waals surface area contributed by atoms with Crippen LogP contribution in [0.25, 0.3) is 0 Å². The van der Waals surface area contributed by atoms with Crippen LogP contribution in [0.1, 0.15) is 13.8 Å². The van der Waals surface area contributed by atoms with Crippen molar-refractivity contribution >= 4 is 87.3 Å². The predicted octanol–water partition coefficient (Wildman–Crippen LogP) is -1.90. The van der Waals surface area contributed by atoms with Crippen LogP contribution in [-0.2, 0) is 26.1 Å². The summed E-state index contributed by atoms with van der Waals surface area (Å²) in [7, 11) is 0. The first-order chi connectivity index (χ1) is 18.5. The van der Waals surface area contributed by atoms with E-state index in [0.717, 1.165) is 53.1 Å². The summed E-state index contributed by atoms with van der Waals surface area (Å²) < 4.78 is 0. The summed E-state index contributed by atoms with van der Waals surface area (Å²) in [6.45, 7) is 6.61. The van der Waals surface area contributed by atoms with Crippen molar-refractivity contribution in [3.63, 3.8) is 0 Å². The molecular formula is C22H30N12NiO4. The van der Waals surface area contributed by atoms with Crippen LogP contribution in [0.5, 0.6) is 0 Å². The first-order valence-corrected chi connectivity index (χ1v) is 10.8. The average Bonchev–Trinajstić information content (AvgIpc) is 3.82. The second-order valence-electron chi connectivity index (χ2n) is 5.86. The van der Waals surface area contributed by atoms with Crippen LogP contribution in [0, 0.1) is 0 Å². The molecule has 39 heavy (non-hydrogen) atoms. The number of carboxylic acid groups (broad SMARTS) is 2. The third-order valence-electron chi connectivity index (χ3n) is 2.64. The van der Waals surface area contributed by atoms with Gasteiger partial charge in [0.1, 0.15) is 38.0 Å². The van der Waals surface area contributed by atoms with Gasteiger partial charge < -0.3 is 19.8 Å². The fraction of sp³-hybridized carbons (Fsp3) is 0.364. The number of carboxylic acids is 2. The number of hydrogen-bond acceptors (Lipinski definition) is 16. The van der Waals surface area contributed by atoms with Crippen LogP contribution in [0.2, 0.25) is 0 Å². The minimum Gasteiger partial charge on any atom is -0.550 e. The summed E-state index contributed by atoms with van der Waals surface area (Å²) in [5.74, 6) is -2.17. The van der Waals surface area contributed by atoms with Gasteiger partial charge in [-0.05, 0) is 13.8 Å². The fourth-order valence-corrected chi connectivity index (χ4v) is 1.41. The van der Waals surface area contributed by atoms with Crippen molar-refractivity contribution in [3.05, 3.63) is 0 Å². The normalized spacial score (nSPS) is 14.8. The maximum Gasteiger partial charge on any atom is 2.00 e. The number of carbonyl (C=O) groups is 2. The molecule has 17 heteroatoms. The quantitative estimate of drug-likeness (QED) is 0.297. The van der Waals surface area contributed by atoms with Crippen LogP contribution in [0.4, 0.5) is 0 Å². The van der Waals surface area contributed by atoms with E-state index in [1.807, 2.05) is 0 Å². The van der Waals surface area contributed by atoms with E-state index in [1.165, 1.54) is 0 Å². The van der Waals surface area contributed by atoms with E-state index in [9.17, 15) is 0 Å². The molecule has 0 bridgehead atoms. The van der Waals surface area contributed by atoms with Gasteiger partial charge in [0.25, 0.3) is 0 Å². The van der Waals surface area contributed by atoms with Gasteiger partial charge >= 0.3 is 16.5 Å². The van der Waals surface area contributed by atoms with E-state index in [-0.39, 0.29) is 16.5 Å². The van der Waals surface area contributed by atoms with Gasteiger partial charge in [-0.2, -0.15) is 0 Å². The molecule has 0 aliphatic carbocycles. The van der Waals surface area contributed by atoms with E-state index >= 15 is 0 Å². The van der Waals surface area contributed by atoms with Gasteiger partial charge in [-0.3, -0.25) is 30.0 Å². The van der Waals surface area contributed by atoms with Gasteiger partial charge in [-0.15, -0.1) is 0 Å². The van der Waals surface area contributed by atoms with Crippen LogP contribution in [0.15, 0.2) is 59.9 Å². The van der Waals surface area contributed by atoms with Crippen molar-refractivity contribution < 1.29 is 36.3 Å². The Balaban J connectivity index is -0.000000379. The number of carbonyl (C=O) groups excluding carboxylic acids is 2. The summed E-state index contributed by atoms with van der Waals surface area (Å²) in [6, 6.07) is 0. The topological polar surface area (TPSA) is 229 Å². The summed E-state index contributed by atoms with van der Waals surface area (Å²) in [5, 5.41) is 17.8. The van der Waals surface area contributed by atoms with Crippen LogP contribution in [-0.4, -0.2) is 127 Å². The molecule has 0 amide bonds. The maximum atomic E-state index is 8.89.